The molecule has 0 bridgehead atoms. The highest BCUT2D eigenvalue weighted by Gasteiger charge is 2.32. The summed E-state index contributed by atoms with van der Waals surface area (Å²) in [5, 5.41) is 23.0. The number of aliphatic hydroxyl groups excluding tert-OH is 1. The van der Waals surface area contributed by atoms with Gasteiger partial charge >= 0.3 is 0 Å². The van der Waals surface area contributed by atoms with E-state index in [0.717, 1.165) is 0 Å². The molecule has 2 N–H and O–H groups in total. The van der Waals surface area contributed by atoms with Gasteiger partial charge in [0.25, 0.3) is 11.6 Å². The molecule has 0 spiro atoms. The first-order valence-corrected chi connectivity index (χ1v) is 5.72. The van der Waals surface area contributed by atoms with Crippen molar-refractivity contribution in [1.29, 1.82) is 0 Å². The second-order valence-corrected chi connectivity index (χ2v) is 4.49. The number of nitro groups is 1. The number of ether oxygens (including phenoxy) is 1. The number of nitrogens with zero attached hydrogens (tertiary/aromatic N) is 2. The molecular formula is C11H11N3O5. The molecule has 0 radical (unpaired) electrons. The summed E-state index contributed by atoms with van der Waals surface area (Å²) in [5.74, 6) is -0.00734. The lowest BCUT2D eigenvalue weighted by Gasteiger charge is -2.37. The molecule has 0 aliphatic carbocycles. The van der Waals surface area contributed by atoms with Gasteiger partial charge in [0, 0.05) is 13.1 Å². The molecule has 2 heterocycles. The Kier molecular flexibility index (Phi) is 2.53. The van der Waals surface area contributed by atoms with Crippen LogP contribution in [0.3, 0.4) is 0 Å². The first-order chi connectivity index (χ1) is 9.04. The molecule has 3 rings (SSSR count). The summed E-state index contributed by atoms with van der Waals surface area (Å²) in [6.07, 6.45) is -0.471. The molecular weight excluding hydrogens is 254 g/mol. The number of nitro benzene ring substituents is 1. The van der Waals surface area contributed by atoms with Gasteiger partial charge in [-0.3, -0.25) is 14.9 Å². The van der Waals surface area contributed by atoms with E-state index in [0.29, 0.717) is 24.5 Å². The number of β-amino-alcohol motifs (C(OH)–C–C–N with tert-alkyl or cyclic N) is 1. The normalized spacial score (nSPS) is 18.2. The molecule has 19 heavy (non-hydrogen) atoms. The Bertz CT molecular complexity index is 568. The van der Waals surface area contributed by atoms with E-state index in [9.17, 15) is 20.0 Å². The van der Waals surface area contributed by atoms with Crippen molar-refractivity contribution in [2.75, 3.05) is 29.9 Å². The number of fused-ring (bicyclic) bond motifs is 1. The zero-order chi connectivity index (χ0) is 13.6. The Morgan fingerprint density at radius 1 is 1.47 bits per heavy atom. The monoisotopic (exact) mass is 265 g/mol. The molecule has 0 unspecified atom stereocenters. The van der Waals surface area contributed by atoms with Crippen molar-refractivity contribution in [2.45, 2.75) is 6.10 Å². The third-order valence-electron chi connectivity index (χ3n) is 3.11. The average Bonchev–Trinajstić information content (AvgIpc) is 2.33. The molecule has 0 aromatic heterocycles. The van der Waals surface area contributed by atoms with Crippen LogP contribution in [0.5, 0.6) is 5.75 Å². The quantitative estimate of drug-likeness (QED) is 0.580. The number of hydrogen-bond acceptors (Lipinski definition) is 6. The van der Waals surface area contributed by atoms with Gasteiger partial charge in [-0.2, -0.15) is 0 Å². The van der Waals surface area contributed by atoms with Crippen LogP contribution in [0.2, 0.25) is 0 Å². The van der Waals surface area contributed by atoms with Crippen molar-refractivity contribution in [1.82, 2.24) is 0 Å². The largest absolute Gasteiger partial charge is 0.481 e. The van der Waals surface area contributed by atoms with Crippen molar-refractivity contribution in [2.24, 2.45) is 0 Å². The van der Waals surface area contributed by atoms with Crippen LogP contribution < -0.4 is 15.0 Å². The fourth-order valence-electron chi connectivity index (χ4n) is 2.16. The van der Waals surface area contributed by atoms with Crippen LogP contribution in [-0.4, -0.2) is 41.7 Å². The molecule has 1 fully saturated rings. The highest BCUT2D eigenvalue weighted by molar-refractivity contribution is 5.97. The molecule has 1 aromatic carbocycles. The van der Waals surface area contributed by atoms with Crippen LogP contribution in [0.25, 0.3) is 0 Å². The summed E-state index contributed by atoms with van der Waals surface area (Å²) < 4.78 is 5.15. The number of carbonyl (C=O) groups is 1. The maximum atomic E-state index is 11.2. The zero-order valence-electron chi connectivity index (χ0n) is 9.83. The van der Waals surface area contributed by atoms with E-state index in [1.165, 1.54) is 12.1 Å². The lowest BCUT2D eigenvalue weighted by Crippen LogP contribution is -2.51. The number of benzene rings is 1. The summed E-state index contributed by atoms with van der Waals surface area (Å²) in [6.45, 7) is 0.536. The summed E-state index contributed by atoms with van der Waals surface area (Å²) in [4.78, 5) is 23.5. The van der Waals surface area contributed by atoms with E-state index in [1.807, 2.05) is 0 Å². The maximum absolute atomic E-state index is 11.2. The number of carbonyl (C=O) groups excluding carboxylic acids is 1. The molecule has 0 saturated carbocycles. The molecule has 8 nitrogen and oxygen atoms in total. The highest BCUT2D eigenvalue weighted by atomic mass is 16.6. The van der Waals surface area contributed by atoms with E-state index < -0.39 is 11.0 Å². The Labute approximate surface area is 107 Å². The zero-order valence-corrected chi connectivity index (χ0v) is 9.83. The van der Waals surface area contributed by atoms with Crippen molar-refractivity contribution >= 4 is 23.0 Å². The number of anilines is 2. The Morgan fingerprint density at radius 3 is 2.84 bits per heavy atom. The summed E-state index contributed by atoms with van der Waals surface area (Å²) >= 11 is 0. The number of rotatable bonds is 2. The Hall–Kier alpha value is -2.35. The van der Waals surface area contributed by atoms with Gasteiger partial charge < -0.3 is 20.1 Å². The predicted octanol–water partition coefficient (Wildman–Crippen LogP) is 0.107. The number of aliphatic hydroxyl groups is 1. The molecule has 8 heteroatoms. The molecule has 1 saturated heterocycles. The minimum atomic E-state index is -0.500. The van der Waals surface area contributed by atoms with Gasteiger partial charge in [0.05, 0.1) is 22.8 Å². The van der Waals surface area contributed by atoms with Gasteiger partial charge in [0.2, 0.25) is 0 Å². The minimum absolute atomic E-state index is 0.0956. The van der Waals surface area contributed by atoms with E-state index in [-0.39, 0.29) is 24.0 Å². The Morgan fingerprint density at radius 2 is 2.21 bits per heavy atom. The summed E-state index contributed by atoms with van der Waals surface area (Å²) in [7, 11) is 0. The lowest BCUT2D eigenvalue weighted by molar-refractivity contribution is -0.384. The topological polar surface area (TPSA) is 105 Å². The van der Waals surface area contributed by atoms with Crippen LogP contribution in [0, 0.1) is 10.1 Å². The number of nitrogens with one attached hydrogen (secondary N) is 1. The van der Waals surface area contributed by atoms with Crippen molar-refractivity contribution in [3.8, 4) is 5.75 Å². The van der Waals surface area contributed by atoms with Crippen molar-refractivity contribution in [3.63, 3.8) is 0 Å². The van der Waals surface area contributed by atoms with Gasteiger partial charge in [-0.1, -0.05) is 0 Å². The summed E-state index contributed by atoms with van der Waals surface area (Å²) in [6, 6.07) is 2.81. The van der Waals surface area contributed by atoms with E-state index >= 15 is 0 Å². The smallest absolute Gasteiger partial charge is 0.296 e. The number of hydrogen-bond donors (Lipinski definition) is 2. The first kappa shape index (κ1) is 11.7. The molecule has 2 aliphatic rings. The molecule has 2 aliphatic heterocycles. The second kappa shape index (κ2) is 4.09. The third-order valence-corrected chi connectivity index (χ3v) is 3.11. The van der Waals surface area contributed by atoms with E-state index in [1.54, 1.807) is 4.90 Å². The fraction of sp³-hybridized carbons (Fsp3) is 0.364. The number of amides is 1. The van der Waals surface area contributed by atoms with Crippen LogP contribution in [0.1, 0.15) is 0 Å². The van der Waals surface area contributed by atoms with Crippen molar-refractivity contribution < 1.29 is 19.6 Å². The highest BCUT2D eigenvalue weighted by Crippen LogP contribution is 2.40. The fourth-order valence-corrected chi connectivity index (χ4v) is 2.16. The second-order valence-electron chi connectivity index (χ2n) is 4.49. The molecule has 1 aromatic rings. The van der Waals surface area contributed by atoms with E-state index in [2.05, 4.69) is 5.32 Å². The van der Waals surface area contributed by atoms with E-state index in [4.69, 9.17) is 4.74 Å². The van der Waals surface area contributed by atoms with Crippen molar-refractivity contribution in [3.05, 3.63) is 22.2 Å². The third kappa shape index (κ3) is 1.95. The predicted molar refractivity (Wildman–Crippen MR) is 65.4 cm³/mol. The molecule has 1 amide bonds. The summed E-state index contributed by atoms with van der Waals surface area (Å²) in [5.41, 5.74) is 0.694. The Balaban J connectivity index is 2.03. The van der Waals surface area contributed by atoms with Crippen LogP contribution in [0.15, 0.2) is 12.1 Å². The maximum Gasteiger partial charge on any atom is 0.296 e. The van der Waals surface area contributed by atoms with Gasteiger partial charge in [-0.05, 0) is 6.07 Å². The van der Waals surface area contributed by atoms with Gasteiger partial charge in [0.1, 0.15) is 5.69 Å². The van der Waals surface area contributed by atoms with Crippen LogP contribution >= 0.6 is 0 Å². The molecule has 100 valence electrons. The first-order valence-electron chi connectivity index (χ1n) is 5.72. The molecule has 0 atom stereocenters. The SMILES string of the molecule is O=C1COc2cc([N+](=O)[O-])c(N3CC(O)C3)cc2N1. The van der Waals surface area contributed by atoms with Gasteiger partial charge in [-0.25, -0.2) is 0 Å². The van der Waals surface area contributed by atoms with Gasteiger partial charge in [0.15, 0.2) is 12.4 Å². The lowest BCUT2D eigenvalue weighted by atomic mass is 10.1. The van der Waals surface area contributed by atoms with Gasteiger partial charge in [-0.15, -0.1) is 0 Å². The minimum Gasteiger partial charge on any atom is -0.481 e. The standard InChI is InChI=1S/C11H11N3O5/c15-6-3-13(4-6)8-1-7-10(2-9(8)14(17)18)19-5-11(16)12-7/h1-2,6,15H,3-5H2,(H,12,16). The van der Waals surface area contributed by atoms with Crippen LogP contribution in [-0.2, 0) is 4.79 Å². The average molecular weight is 265 g/mol. The van der Waals surface area contributed by atoms with Crippen LogP contribution in [0.4, 0.5) is 17.1 Å².